The molecule has 1 aliphatic heterocycles. The van der Waals surface area contributed by atoms with E-state index < -0.39 is 12.0 Å². The first-order valence-electron chi connectivity index (χ1n) is 9.77. The summed E-state index contributed by atoms with van der Waals surface area (Å²) in [6, 6.07) is 5.18. The van der Waals surface area contributed by atoms with Gasteiger partial charge in [-0.1, -0.05) is 19.4 Å². The third kappa shape index (κ3) is 4.44. The van der Waals surface area contributed by atoms with E-state index in [1.807, 2.05) is 41.5 Å². The lowest BCUT2D eigenvalue weighted by Gasteiger charge is -2.33. The van der Waals surface area contributed by atoms with Crippen molar-refractivity contribution in [2.24, 2.45) is 0 Å². The van der Waals surface area contributed by atoms with E-state index >= 15 is 0 Å². The molecular formula is C20H28N4O4. The number of hydrogen-bond donors (Lipinski definition) is 1. The van der Waals surface area contributed by atoms with Gasteiger partial charge in [-0.25, -0.2) is 0 Å². The van der Waals surface area contributed by atoms with Crippen LogP contribution in [0.2, 0.25) is 0 Å². The average molecular weight is 388 g/mol. The first-order chi connectivity index (χ1) is 13.5. The number of hydrogen-bond acceptors (Lipinski definition) is 6. The molecule has 1 unspecified atom stereocenters. The summed E-state index contributed by atoms with van der Waals surface area (Å²) < 4.78 is 13.5. The maximum absolute atomic E-state index is 11.8. The average Bonchev–Trinajstić information content (AvgIpc) is 3.03. The Hall–Kier alpha value is -2.61. The molecule has 152 valence electrons. The Morgan fingerprint density at radius 2 is 2.07 bits per heavy atom. The smallest absolute Gasteiger partial charge is 0.322 e. The van der Waals surface area contributed by atoms with Crippen LogP contribution in [0.1, 0.15) is 43.9 Å². The van der Waals surface area contributed by atoms with E-state index in [1.54, 1.807) is 0 Å². The fourth-order valence-corrected chi connectivity index (χ4v) is 3.36. The van der Waals surface area contributed by atoms with Gasteiger partial charge >= 0.3 is 5.97 Å². The van der Waals surface area contributed by atoms with Gasteiger partial charge in [0.25, 0.3) is 0 Å². The molecule has 2 aromatic rings. The second kappa shape index (κ2) is 9.05. The molecule has 0 amide bonds. The molecule has 0 aliphatic carbocycles. The molecule has 2 heterocycles. The fraction of sp³-hybridized carbons (Fsp3) is 0.550. The van der Waals surface area contributed by atoms with E-state index in [1.165, 1.54) is 0 Å². The van der Waals surface area contributed by atoms with Crippen LogP contribution < -0.4 is 9.47 Å². The largest absolute Gasteiger partial charge is 0.490 e. The monoisotopic (exact) mass is 388 g/mol. The lowest BCUT2D eigenvalue weighted by molar-refractivity contribution is -0.145. The van der Waals surface area contributed by atoms with Crippen LogP contribution in [0, 0.1) is 6.92 Å². The van der Waals surface area contributed by atoms with Crippen molar-refractivity contribution in [3.8, 4) is 11.5 Å². The first-order valence-corrected chi connectivity index (χ1v) is 9.77. The van der Waals surface area contributed by atoms with Gasteiger partial charge in [0.05, 0.1) is 26.3 Å². The topological polar surface area (TPSA) is 89.7 Å². The highest BCUT2D eigenvalue weighted by Crippen LogP contribution is 2.30. The van der Waals surface area contributed by atoms with Crippen LogP contribution >= 0.6 is 0 Å². The number of rotatable bonds is 9. The molecule has 8 heteroatoms. The Morgan fingerprint density at radius 3 is 2.79 bits per heavy atom. The zero-order valence-corrected chi connectivity index (χ0v) is 16.7. The molecule has 0 fully saturated rings. The van der Waals surface area contributed by atoms with Crippen LogP contribution in [0.25, 0.3) is 0 Å². The summed E-state index contributed by atoms with van der Waals surface area (Å²) in [4.78, 5) is 13.7. The Kier molecular flexibility index (Phi) is 6.51. The molecule has 0 radical (unpaired) electrons. The molecule has 1 aromatic heterocycles. The van der Waals surface area contributed by atoms with Gasteiger partial charge in [-0.15, -0.1) is 10.2 Å². The molecule has 3 rings (SSSR count). The van der Waals surface area contributed by atoms with E-state index in [2.05, 4.69) is 17.1 Å². The number of carboxylic acid groups (broad SMARTS) is 1. The number of aryl methyl sites for hydroxylation is 1. The van der Waals surface area contributed by atoms with Gasteiger partial charge in [-0.3, -0.25) is 9.69 Å². The van der Waals surface area contributed by atoms with Crippen molar-refractivity contribution in [2.75, 3.05) is 13.2 Å². The summed E-state index contributed by atoms with van der Waals surface area (Å²) in [7, 11) is 0. The highest BCUT2D eigenvalue weighted by atomic mass is 16.5. The lowest BCUT2D eigenvalue weighted by Crippen LogP contribution is -2.47. The number of carboxylic acids is 1. The van der Waals surface area contributed by atoms with Gasteiger partial charge in [0.1, 0.15) is 17.7 Å². The Bertz CT molecular complexity index is 821. The van der Waals surface area contributed by atoms with Crippen molar-refractivity contribution in [1.29, 1.82) is 0 Å². The van der Waals surface area contributed by atoms with E-state index in [-0.39, 0.29) is 0 Å². The number of unbranched alkanes of at least 4 members (excludes halogenated alkanes) is 1. The lowest BCUT2D eigenvalue weighted by atomic mass is 10.1. The van der Waals surface area contributed by atoms with Crippen molar-refractivity contribution in [2.45, 2.75) is 59.3 Å². The third-order valence-electron chi connectivity index (χ3n) is 4.89. The highest BCUT2D eigenvalue weighted by Gasteiger charge is 2.33. The van der Waals surface area contributed by atoms with Gasteiger partial charge in [0.2, 0.25) is 0 Å². The summed E-state index contributed by atoms with van der Waals surface area (Å²) in [6.45, 7) is 8.36. The van der Waals surface area contributed by atoms with E-state index in [9.17, 15) is 9.90 Å². The number of benzene rings is 1. The summed E-state index contributed by atoms with van der Waals surface area (Å²) in [5.41, 5.74) is 0.974. The van der Waals surface area contributed by atoms with Crippen molar-refractivity contribution in [3.05, 3.63) is 35.4 Å². The zero-order valence-electron chi connectivity index (χ0n) is 16.7. The Labute approximate surface area is 165 Å². The zero-order chi connectivity index (χ0) is 20.1. The molecule has 0 bridgehead atoms. The number of aromatic nitrogens is 3. The van der Waals surface area contributed by atoms with Crippen molar-refractivity contribution in [1.82, 2.24) is 19.7 Å². The Balaban J connectivity index is 1.79. The molecule has 1 atom stereocenters. The van der Waals surface area contributed by atoms with Crippen LogP contribution in [0.15, 0.2) is 18.2 Å². The first kappa shape index (κ1) is 20.1. The van der Waals surface area contributed by atoms with Crippen molar-refractivity contribution in [3.63, 3.8) is 0 Å². The van der Waals surface area contributed by atoms with Gasteiger partial charge < -0.3 is 19.1 Å². The minimum atomic E-state index is -0.844. The number of nitrogens with zero attached hydrogens (tertiary/aromatic N) is 4. The number of ether oxygens (including phenoxy) is 2. The van der Waals surface area contributed by atoms with Gasteiger partial charge in [-0.2, -0.15) is 0 Å². The van der Waals surface area contributed by atoms with E-state index in [0.29, 0.717) is 38.6 Å². The molecule has 28 heavy (non-hydrogen) atoms. The number of fused-ring (bicyclic) bond motifs is 1. The molecular weight excluding hydrogens is 360 g/mol. The standard InChI is InChI=1S/C20H28N4O4/c1-4-6-9-28-17-8-7-15(10-18(17)27-5-2)11-23-13-19-22-21-14(3)24(19)12-16(23)20(25)26/h7-8,10,16H,4-6,9,11-13H2,1-3H3,(H,25,26). The molecule has 0 saturated heterocycles. The number of carbonyl (C=O) groups is 1. The molecule has 1 aliphatic rings. The van der Waals surface area contributed by atoms with E-state index in [0.717, 1.165) is 35.8 Å². The minimum absolute atomic E-state index is 0.347. The fourth-order valence-electron chi connectivity index (χ4n) is 3.36. The summed E-state index contributed by atoms with van der Waals surface area (Å²) in [6.07, 6.45) is 2.05. The molecule has 0 spiro atoms. The van der Waals surface area contributed by atoms with Crippen LogP contribution in [-0.4, -0.2) is 50.0 Å². The summed E-state index contributed by atoms with van der Waals surface area (Å²) in [5, 5.41) is 18.0. The predicted octanol–water partition coefficient (Wildman–Crippen LogP) is 2.63. The van der Waals surface area contributed by atoms with Crippen LogP contribution in [-0.2, 0) is 24.4 Å². The minimum Gasteiger partial charge on any atom is -0.490 e. The number of aliphatic carboxylic acids is 1. The summed E-state index contributed by atoms with van der Waals surface area (Å²) >= 11 is 0. The quantitative estimate of drug-likeness (QED) is 0.661. The molecule has 8 nitrogen and oxygen atoms in total. The second-order valence-corrected chi connectivity index (χ2v) is 6.95. The van der Waals surface area contributed by atoms with E-state index in [4.69, 9.17) is 9.47 Å². The van der Waals surface area contributed by atoms with Gasteiger partial charge in [-0.05, 0) is 38.0 Å². The van der Waals surface area contributed by atoms with Crippen LogP contribution in [0.4, 0.5) is 0 Å². The summed E-state index contributed by atoms with van der Waals surface area (Å²) in [5.74, 6) is 2.11. The highest BCUT2D eigenvalue weighted by molar-refractivity contribution is 5.73. The Morgan fingerprint density at radius 1 is 1.25 bits per heavy atom. The van der Waals surface area contributed by atoms with Crippen LogP contribution in [0.5, 0.6) is 11.5 Å². The van der Waals surface area contributed by atoms with Crippen molar-refractivity contribution < 1.29 is 19.4 Å². The van der Waals surface area contributed by atoms with Gasteiger partial charge in [0, 0.05) is 6.54 Å². The van der Waals surface area contributed by atoms with Gasteiger partial charge in [0.15, 0.2) is 11.5 Å². The molecule has 1 N–H and O–H groups in total. The molecule has 0 saturated carbocycles. The second-order valence-electron chi connectivity index (χ2n) is 6.95. The SMILES string of the molecule is CCCCOc1ccc(CN2Cc3nnc(C)n3CC2C(=O)O)cc1OCC. The maximum atomic E-state index is 11.8. The normalized spacial score (nSPS) is 16.6. The van der Waals surface area contributed by atoms with Crippen LogP contribution in [0.3, 0.4) is 0 Å². The van der Waals surface area contributed by atoms with Crippen molar-refractivity contribution >= 4 is 5.97 Å². The maximum Gasteiger partial charge on any atom is 0.322 e. The molecule has 1 aromatic carbocycles. The third-order valence-corrected chi connectivity index (χ3v) is 4.89. The predicted molar refractivity (Wildman–Crippen MR) is 103 cm³/mol.